The number of nitrogens with zero attached hydrogens (tertiary/aromatic N) is 7. The SMILES string of the molecule is [C-]#[N+]/C(C#N)=C1/CC(C)(C)CC(NCCOCCN(CCOCCNC2=C(C(=O)OC)C(=C(C#N)C#N)CC(C)(C)C2)CCOCCNC2=C(C(=O)OC)/C(=C(/C#N)[N+]#[C-])CC(C)(C)C2)=C1C(=O)OC. The van der Waals surface area contributed by atoms with Crippen LogP contribution in [-0.4, -0.2) is 123 Å². The smallest absolute Gasteiger partial charge is 0.339 e. The minimum Gasteiger partial charge on any atom is -0.465 e. The Kier molecular flexibility index (Phi) is 22.3. The summed E-state index contributed by atoms with van der Waals surface area (Å²) in [6.07, 6.45) is 2.62. The van der Waals surface area contributed by atoms with Crippen molar-refractivity contribution in [3.8, 4) is 24.3 Å². The lowest BCUT2D eigenvalue weighted by Gasteiger charge is -2.35. The van der Waals surface area contributed by atoms with Crippen molar-refractivity contribution in [3.63, 3.8) is 0 Å². The molecular weight excluding hydrogens is 897 g/mol. The third-order valence-electron chi connectivity index (χ3n) is 11.9. The third-order valence-corrected chi connectivity index (χ3v) is 11.9. The molecule has 0 saturated heterocycles. The summed E-state index contributed by atoms with van der Waals surface area (Å²) < 4.78 is 33.3. The topological polar surface area (TPSA) is 250 Å². The van der Waals surface area contributed by atoms with E-state index in [-0.39, 0.29) is 69.8 Å². The fraction of sp³-hybridized carbons (Fsp3) is 0.588. The van der Waals surface area contributed by atoms with Gasteiger partial charge in [-0.15, -0.1) is 0 Å². The molecule has 3 aliphatic carbocycles. The van der Waals surface area contributed by atoms with Crippen molar-refractivity contribution in [2.45, 2.75) is 80.1 Å². The van der Waals surface area contributed by atoms with Gasteiger partial charge in [0, 0.05) is 56.4 Å². The second-order valence-electron chi connectivity index (χ2n) is 19.2. The number of carbonyl (C=O) groups excluding carboxylic acids is 3. The minimum atomic E-state index is -0.625. The Balaban J connectivity index is 1.68. The molecule has 0 heterocycles. The number of methoxy groups -OCH3 is 3. The second-order valence-corrected chi connectivity index (χ2v) is 19.2. The average Bonchev–Trinajstić information content (AvgIpc) is 3.31. The van der Waals surface area contributed by atoms with Gasteiger partial charge in [-0.05, 0) is 71.5 Å². The number of nitrogens with one attached hydrogen (secondary N) is 3. The highest BCUT2D eigenvalue weighted by Crippen LogP contribution is 2.45. The van der Waals surface area contributed by atoms with Crippen LogP contribution in [0.2, 0.25) is 0 Å². The quantitative estimate of drug-likeness (QED) is 0.0351. The zero-order valence-corrected chi connectivity index (χ0v) is 42.0. The Morgan fingerprint density at radius 2 is 0.814 bits per heavy atom. The molecule has 70 heavy (non-hydrogen) atoms. The third kappa shape index (κ3) is 16.3. The summed E-state index contributed by atoms with van der Waals surface area (Å²) in [5.41, 5.74) is 2.09. The van der Waals surface area contributed by atoms with Gasteiger partial charge in [0.25, 0.3) is 11.4 Å². The molecule has 0 bridgehead atoms. The Hall–Kier alpha value is -6.97. The molecule has 0 fully saturated rings. The molecule has 0 radical (unpaired) electrons. The second kappa shape index (κ2) is 27.3. The first-order valence-corrected chi connectivity index (χ1v) is 23.0. The molecule has 19 heteroatoms. The number of allylic oxidation sites excluding steroid dienone is 6. The Labute approximate surface area is 412 Å². The maximum Gasteiger partial charge on any atom is 0.339 e. The van der Waals surface area contributed by atoms with Gasteiger partial charge in [0.15, 0.2) is 0 Å². The van der Waals surface area contributed by atoms with Crippen LogP contribution in [0, 0.1) is 74.7 Å². The summed E-state index contributed by atoms with van der Waals surface area (Å²) >= 11 is 0. The van der Waals surface area contributed by atoms with Gasteiger partial charge in [-0.2, -0.15) is 10.5 Å². The molecule has 19 nitrogen and oxygen atoms in total. The van der Waals surface area contributed by atoms with E-state index in [9.17, 15) is 35.4 Å². The van der Waals surface area contributed by atoms with Crippen molar-refractivity contribution in [2.75, 3.05) is 100 Å². The largest absolute Gasteiger partial charge is 0.465 e. The van der Waals surface area contributed by atoms with E-state index in [1.807, 2.05) is 65.8 Å². The zero-order valence-electron chi connectivity index (χ0n) is 42.0. The van der Waals surface area contributed by atoms with Crippen LogP contribution in [-0.2, 0) is 42.8 Å². The van der Waals surface area contributed by atoms with Crippen molar-refractivity contribution in [3.05, 3.63) is 90.3 Å². The molecule has 0 unspecified atom stereocenters. The van der Waals surface area contributed by atoms with Gasteiger partial charge in [-0.3, -0.25) is 4.90 Å². The zero-order chi connectivity index (χ0) is 52.1. The monoisotopic (exact) mass is 963 g/mol. The van der Waals surface area contributed by atoms with E-state index in [0.717, 1.165) is 0 Å². The molecule has 0 aromatic carbocycles. The highest BCUT2D eigenvalue weighted by atomic mass is 16.5. The lowest BCUT2D eigenvalue weighted by Crippen LogP contribution is -2.36. The molecule has 0 atom stereocenters. The number of hydrogen-bond acceptors (Lipinski definition) is 17. The van der Waals surface area contributed by atoms with Crippen molar-refractivity contribution in [2.24, 2.45) is 16.2 Å². The molecule has 0 spiro atoms. The van der Waals surface area contributed by atoms with Crippen LogP contribution in [0.4, 0.5) is 0 Å². The van der Waals surface area contributed by atoms with Gasteiger partial charge in [-0.25, -0.2) is 34.6 Å². The first-order valence-electron chi connectivity index (χ1n) is 23.0. The molecule has 0 amide bonds. The summed E-state index contributed by atoms with van der Waals surface area (Å²) in [6, 6.07) is 7.69. The summed E-state index contributed by atoms with van der Waals surface area (Å²) in [5, 5.41) is 48.5. The molecule has 0 aromatic heterocycles. The maximum atomic E-state index is 12.9. The predicted molar refractivity (Wildman–Crippen MR) is 256 cm³/mol. The summed E-state index contributed by atoms with van der Waals surface area (Å²) in [7, 11) is 3.79. The van der Waals surface area contributed by atoms with Gasteiger partial charge in [0.1, 0.15) is 17.7 Å². The van der Waals surface area contributed by atoms with Gasteiger partial charge >= 0.3 is 17.9 Å². The Morgan fingerprint density at radius 3 is 1.09 bits per heavy atom. The Bertz CT molecular complexity index is 2120. The highest BCUT2D eigenvalue weighted by molar-refractivity contribution is 5.96. The first-order chi connectivity index (χ1) is 33.3. The van der Waals surface area contributed by atoms with Crippen LogP contribution >= 0.6 is 0 Å². The number of ether oxygens (including phenoxy) is 6. The summed E-state index contributed by atoms with van der Waals surface area (Å²) in [6.45, 7) is 31.5. The van der Waals surface area contributed by atoms with Crippen molar-refractivity contribution < 1.29 is 42.8 Å². The van der Waals surface area contributed by atoms with Crippen LogP contribution < -0.4 is 16.0 Å². The summed E-state index contributed by atoms with van der Waals surface area (Å²) in [5.74, 6) is -1.86. The van der Waals surface area contributed by atoms with Crippen LogP contribution in [0.25, 0.3) is 9.69 Å². The number of esters is 3. The average molecular weight is 963 g/mol. The van der Waals surface area contributed by atoms with Crippen LogP contribution in [0.15, 0.2) is 67.5 Å². The van der Waals surface area contributed by atoms with E-state index in [1.165, 1.54) is 21.3 Å². The van der Waals surface area contributed by atoms with E-state index in [4.69, 9.17) is 41.6 Å². The predicted octanol–water partition coefficient (Wildman–Crippen LogP) is 5.59. The molecule has 0 aliphatic heterocycles. The van der Waals surface area contributed by atoms with E-state index < -0.39 is 17.9 Å². The van der Waals surface area contributed by atoms with E-state index >= 15 is 0 Å². The van der Waals surface area contributed by atoms with Crippen LogP contribution in [0.1, 0.15) is 80.1 Å². The number of nitriles is 4. The lowest BCUT2D eigenvalue weighted by molar-refractivity contribution is -0.137. The van der Waals surface area contributed by atoms with Crippen molar-refractivity contribution >= 4 is 17.9 Å². The minimum absolute atomic E-state index is 0.126. The molecule has 3 N–H and O–H groups in total. The highest BCUT2D eigenvalue weighted by Gasteiger charge is 2.38. The van der Waals surface area contributed by atoms with E-state index in [2.05, 4.69) is 30.5 Å². The molecule has 0 saturated carbocycles. The fourth-order valence-corrected chi connectivity index (χ4v) is 8.78. The van der Waals surface area contributed by atoms with Crippen LogP contribution in [0.5, 0.6) is 0 Å². The van der Waals surface area contributed by atoms with E-state index in [1.54, 1.807) is 0 Å². The van der Waals surface area contributed by atoms with Gasteiger partial charge in [-0.1, -0.05) is 41.5 Å². The molecular formula is C51H66N10O9. The van der Waals surface area contributed by atoms with Crippen LogP contribution in [0.3, 0.4) is 0 Å². The molecule has 3 rings (SSSR count). The van der Waals surface area contributed by atoms with Gasteiger partial charge in [0.05, 0.1) is 103 Å². The van der Waals surface area contributed by atoms with Gasteiger partial charge in [0.2, 0.25) is 0 Å². The van der Waals surface area contributed by atoms with E-state index in [0.29, 0.717) is 131 Å². The number of hydrogen-bond donors (Lipinski definition) is 3. The summed E-state index contributed by atoms with van der Waals surface area (Å²) in [4.78, 5) is 47.6. The van der Waals surface area contributed by atoms with Crippen molar-refractivity contribution in [1.82, 2.24) is 20.9 Å². The lowest BCUT2D eigenvalue weighted by atomic mass is 9.72. The Morgan fingerprint density at radius 1 is 0.514 bits per heavy atom. The van der Waals surface area contributed by atoms with Gasteiger partial charge < -0.3 is 44.4 Å². The molecule has 3 aliphatic rings. The number of carbonyl (C=O) groups is 3. The fourth-order valence-electron chi connectivity index (χ4n) is 8.78. The number of rotatable bonds is 24. The van der Waals surface area contributed by atoms with Crippen molar-refractivity contribution in [1.29, 1.82) is 21.0 Å². The standard InChI is InChI=1S/C51H66N10O9/c1-49(2)24-35(34(30-52)31-53)43(46(62)65-9)38(27-49)58-12-18-68-21-15-61(16-22-69-19-13-59-39-28-50(3,4)25-36(41(32-54)56-7)44(39)47(63)66-10)17-23-70-20-14-60-40-29-51(5,6)26-37(42(33-55)57-8)45(40)48(64)67-11/h58-60H,12-29H2,1-6,9-11H3/b41-36-,42-37-. The normalized spacial score (nSPS) is 18.4. The molecule has 374 valence electrons. The molecule has 0 aromatic rings. The first kappa shape index (κ1) is 57.3. The maximum absolute atomic E-state index is 12.9.